The molecule has 0 aliphatic carbocycles. The molecule has 0 aliphatic heterocycles. The van der Waals surface area contributed by atoms with Crippen molar-refractivity contribution in [3.05, 3.63) is 0 Å². The van der Waals surface area contributed by atoms with Gasteiger partial charge in [0, 0.05) is 20.8 Å². The molecule has 1 N–H and O–H groups in total. The zero-order chi connectivity index (χ0) is 15.9. The van der Waals surface area contributed by atoms with Crippen molar-refractivity contribution in [3.63, 3.8) is 0 Å². The van der Waals surface area contributed by atoms with Crippen molar-refractivity contribution < 1.29 is 38.5 Å². The van der Waals surface area contributed by atoms with E-state index in [1.54, 1.807) is 0 Å². The summed E-state index contributed by atoms with van der Waals surface area (Å²) in [7, 11) is 0. The van der Waals surface area contributed by atoms with Crippen molar-refractivity contribution in [1.82, 2.24) is 0 Å². The maximum absolute atomic E-state index is 11.1. The molecule has 0 aromatic rings. The van der Waals surface area contributed by atoms with Crippen molar-refractivity contribution in [1.29, 1.82) is 0 Å². The molecule has 0 aromatic heterocycles. The second-order valence-electron chi connectivity index (χ2n) is 4.10. The molecule has 0 fully saturated rings. The fourth-order valence-electron chi connectivity index (χ4n) is 1.51. The van der Waals surface area contributed by atoms with E-state index in [1.807, 2.05) is 0 Å². The minimum absolute atomic E-state index is 0.230. The molecule has 20 heavy (non-hydrogen) atoms. The zero-order valence-electron chi connectivity index (χ0n) is 11.7. The van der Waals surface area contributed by atoms with Crippen molar-refractivity contribution in [2.75, 3.05) is 0 Å². The molecule has 0 bridgehead atoms. The smallest absolute Gasteiger partial charge is 0.303 e. The van der Waals surface area contributed by atoms with Gasteiger partial charge in [0.2, 0.25) is 0 Å². The number of hydrogen-bond donors (Lipinski definition) is 1. The van der Waals surface area contributed by atoms with Gasteiger partial charge in [0.1, 0.15) is 0 Å². The number of hydrogen-bond acceptors (Lipinski definition) is 8. The summed E-state index contributed by atoms with van der Waals surface area (Å²) in [4.78, 5) is 44.0. The summed E-state index contributed by atoms with van der Waals surface area (Å²) >= 11 is 0. The largest absolute Gasteiger partial charge is 0.456 e. The normalized spacial score (nSPS) is 16.2. The molecule has 0 amide bonds. The number of rotatable bonds is 7. The Morgan fingerprint density at radius 1 is 0.900 bits per heavy atom. The predicted octanol–water partition coefficient (Wildman–Crippen LogP) is -0.639. The van der Waals surface area contributed by atoms with E-state index < -0.39 is 42.3 Å². The van der Waals surface area contributed by atoms with Gasteiger partial charge in [-0.2, -0.15) is 0 Å². The summed E-state index contributed by atoms with van der Waals surface area (Å²) < 4.78 is 14.4. The highest BCUT2D eigenvalue weighted by Gasteiger charge is 2.39. The lowest BCUT2D eigenvalue weighted by atomic mass is 10.0. The van der Waals surface area contributed by atoms with Crippen molar-refractivity contribution in [2.24, 2.45) is 0 Å². The Kier molecular flexibility index (Phi) is 7.45. The van der Waals surface area contributed by atoms with E-state index >= 15 is 0 Å². The average molecular weight is 290 g/mol. The van der Waals surface area contributed by atoms with Gasteiger partial charge >= 0.3 is 17.9 Å². The number of ether oxygens (including phenoxy) is 3. The second kappa shape index (κ2) is 8.26. The minimum atomic E-state index is -1.49. The van der Waals surface area contributed by atoms with Crippen LogP contribution in [0.15, 0.2) is 0 Å². The molecule has 0 radical (unpaired) electrons. The van der Waals surface area contributed by atoms with Gasteiger partial charge in [-0.25, -0.2) is 0 Å². The molecular formula is C12H18O8. The van der Waals surface area contributed by atoms with Crippen LogP contribution in [0.4, 0.5) is 0 Å². The van der Waals surface area contributed by atoms with Gasteiger partial charge < -0.3 is 19.3 Å². The van der Waals surface area contributed by atoms with Crippen LogP contribution in [0.5, 0.6) is 0 Å². The molecule has 0 unspecified atom stereocenters. The van der Waals surface area contributed by atoms with Crippen LogP contribution in [0.3, 0.4) is 0 Å². The fourth-order valence-corrected chi connectivity index (χ4v) is 1.51. The molecule has 0 rings (SSSR count). The van der Waals surface area contributed by atoms with E-state index in [0.29, 0.717) is 0 Å². The average Bonchev–Trinajstić information content (AvgIpc) is 2.29. The second-order valence-corrected chi connectivity index (χ2v) is 4.10. The van der Waals surface area contributed by atoms with Crippen LogP contribution in [0, 0.1) is 0 Å². The Morgan fingerprint density at radius 3 is 1.60 bits per heavy atom. The van der Waals surface area contributed by atoms with Gasteiger partial charge in [-0.15, -0.1) is 0 Å². The highest BCUT2D eigenvalue weighted by atomic mass is 16.6. The Hall–Kier alpha value is -1.96. The summed E-state index contributed by atoms with van der Waals surface area (Å²) in [5, 5.41) is 9.60. The van der Waals surface area contributed by atoms with E-state index in [2.05, 4.69) is 4.74 Å². The fraction of sp³-hybridized carbons (Fsp3) is 0.667. The SMILES string of the molecule is CC(=O)O[C@H]([C@H](OC(C)=O)[C@H](C)O)[C@@H](C=O)OC(C)=O. The Balaban J connectivity index is 5.33. The van der Waals surface area contributed by atoms with Crippen molar-refractivity contribution >= 4 is 24.2 Å². The number of carbonyl (C=O) groups is 4. The van der Waals surface area contributed by atoms with Crippen LogP contribution in [0.25, 0.3) is 0 Å². The summed E-state index contributed by atoms with van der Waals surface area (Å²) in [5.74, 6) is -2.32. The van der Waals surface area contributed by atoms with Gasteiger partial charge in [0.15, 0.2) is 24.6 Å². The summed E-state index contributed by atoms with van der Waals surface area (Å²) in [5.41, 5.74) is 0. The lowest BCUT2D eigenvalue weighted by Gasteiger charge is -2.30. The van der Waals surface area contributed by atoms with Crippen LogP contribution in [0.2, 0.25) is 0 Å². The predicted molar refractivity (Wildman–Crippen MR) is 64.4 cm³/mol. The Labute approximate surface area is 116 Å². The molecule has 0 spiro atoms. The van der Waals surface area contributed by atoms with Crippen LogP contribution in [-0.4, -0.2) is 53.7 Å². The number of aliphatic hydroxyl groups is 1. The summed E-state index contributed by atoms with van der Waals surface area (Å²) in [6.45, 7) is 4.49. The van der Waals surface area contributed by atoms with Gasteiger partial charge in [-0.05, 0) is 6.92 Å². The van der Waals surface area contributed by atoms with Crippen LogP contribution in [-0.2, 0) is 33.4 Å². The first-order chi connectivity index (χ1) is 9.18. The highest BCUT2D eigenvalue weighted by molar-refractivity contribution is 5.72. The maximum atomic E-state index is 11.1. The molecule has 8 heteroatoms. The van der Waals surface area contributed by atoms with Gasteiger partial charge in [0.25, 0.3) is 0 Å². The zero-order valence-corrected chi connectivity index (χ0v) is 11.7. The van der Waals surface area contributed by atoms with Crippen LogP contribution < -0.4 is 0 Å². The van der Waals surface area contributed by atoms with E-state index in [-0.39, 0.29) is 6.29 Å². The molecule has 0 aliphatic rings. The minimum Gasteiger partial charge on any atom is -0.456 e. The molecule has 0 aromatic carbocycles. The number of carbonyl (C=O) groups excluding carboxylic acids is 4. The first-order valence-electron chi connectivity index (χ1n) is 5.84. The highest BCUT2D eigenvalue weighted by Crippen LogP contribution is 2.16. The Bertz CT molecular complexity index is 376. The molecule has 0 saturated heterocycles. The quantitative estimate of drug-likeness (QED) is 0.374. The van der Waals surface area contributed by atoms with E-state index in [1.165, 1.54) is 6.92 Å². The lowest BCUT2D eigenvalue weighted by molar-refractivity contribution is -0.190. The number of aliphatic hydroxyl groups excluding tert-OH is 1. The number of esters is 3. The van der Waals surface area contributed by atoms with Crippen molar-refractivity contribution in [2.45, 2.75) is 52.1 Å². The monoisotopic (exact) mass is 290 g/mol. The topological polar surface area (TPSA) is 116 Å². The van der Waals surface area contributed by atoms with Gasteiger partial charge in [-0.1, -0.05) is 0 Å². The van der Waals surface area contributed by atoms with Crippen LogP contribution in [0.1, 0.15) is 27.7 Å². The lowest BCUT2D eigenvalue weighted by Crippen LogP contribution is -2.50. The van der Waals surface area contributed by atoms with Crippen LogP contribution >= 0.6 is 0 Å². The molecular weight excluding hydrogens is 272 g/mol. The van der Waals surface area contributed by atoms with Gasteiger partial charge in [0.05, 0.1) is 6.10 Å². The Morgan fingerprint density at radius 2 is 1.30 bits per heavy atom. The van der Waals surface area contributed by atoms with E-state index in [9.17, 15) is 24.3 Å². The number of aldehydes is 1. The molecule has 4 atom stereocenters. The molecule has 0 heterocycles. The molecule has 0 saturated carbocycles. The summed E-state index contributed by atoms with van der Waals surface area (Å²) in [6.07, 6.45) is -5.28. The third-order valence-corrected chi connectivity index (χ3v) is 2.16. The first kappa shape index (κ1) is 18.0. The standard InChI is InChI=1S/C12H18O8/c1-6(14)11(19-8(3)16)12(20-9(4)17)10(5-13)18-7(2)15/h5-6,10-12,14H,1-4H3/t6-,10+,11+,12-/m0/s1. The van der Waals surface area contributed by atoms with E-state index in [4.69, 9.17) is 9.47 Å². The molecule has 8 nitrogen and oxygen atoms in total. The van der Waals surface area contributed by atoms with Crippen molar-refractivity contribution in [3.8, 4) is 0 Å². The first-order valence-corrected chi connectivity index (χ1v) is 5.84. The molecule has 114 valence electrons. The summed E-state index contributed by atoms with van der Waals surface area (Å²) in [6, 6.07) is 0. The van der Waals surface area contributed by atoms with Gasteiger partial charge in [-0.3, -0.25) is 19.2 Å². The third kappa shape index (κ3) is 6.28. The maximum Gasteiger partial charge on any atom is 0.303 e. The van der Waals surface area contributed by atoms with E-state index in [0.717, 1.165) is 20.8 Å². The third-order valence-electron chi connectivity index (χ3n) is 2.16.